The molecule has 0 aromatic carbocycles. The summed E-state index contributed by atoms with van der Waals surface area (Å²) < 4.78 is 3.28. The molecule has 2 aromatic heterocycles. The van der Waals surface area contributed by atoms with Gasteiger partial charge in [0, 0.05) is 20.3 Å². The summed E-state index contributed by atoms with van der Waals surface area (Å²) in [6, 6.07) is 0. The van der Waals surface area contributed by atoms with E-state index in [9.17, 15) is 4.79 Å². The Bertz CT molecular complexity index is 540. The van der Waals surface area contributed by atoms with Crippen molar-refractivity contribution in [3.8, 4) is 0 Å². The van der Waals surface area contributed by atoms with Gasteiger partial charge in [-0.1, -0.05) is 6.92 Å². The first kappa shape index (κ1) is 11.5. The molecule has 2 heterocycles. The van der Waals surface area contributed by atoms with Crippen LogP contribution in [0.1, 0.15) is 28.8 Å². The second-order valence-electron chi connectivity index (χ2n) is 3.92. The van der Waals surface area contributed by atoms with Crippen LogP contribution in [0.25, 0.3) is 0 Å². The molecular formula is C11H15N5O. The fourth-order valence-corrected chi connectivity index (χ4v) is 1.75. The summed E-state index contributed by atoms with van der Waals surface area (Å²) in [5.74, 6) is 0.701. The van der Waals surface area contributed by atoms with Crippen LogP contribution < -0.4 is 0 Å². The van der Waals surface area contributed by atoms with Crippen molar-refractivity contribution in [3.63, 3.8) is 0 Å². The Morgan fingerprint density at radius 2 is 2.18 bits per heavy atom. The van der Waals surface area contributed by atoms with Crippen LogP contribution in [0.4, 0.5) is 0 Å². The van der Waals surface area contributed by atoms with Crippen molar-refractivity contribution in [3.05, 3.63) is 29.6 Å². The average molecular weight is 233 g/mol. The number of rotatable bonds is 4. The Balaban J connectivity index is 2.23. The zero-order valence-electron chi connectivity index (χ0n) is 10.2. The van der Waals surface area contributed by atoms with E-state index in [2.05, 4.69) is 15.2 Å². The lowest BCUT2D eigenvalue weighted by Gasteiger charge is -1.99. The van der Waals surface area contributed by atoms with Crippen molar-refractivity contribution in [2.45, 2.75) is 19.8 Å². The fourth-order valence-electron chi connectivity index (χ4n) is 1.75. The van der Waals surface area contributed by atoms with E-state index >= 15 is 0 Å². The molecule has 90 valence electrons. The van der Waals surface area contributed by atoms with Gasteiger partial charge in [0.1, 0.15) is 12.2 Å². The number of carbonyl (C=O) groups excluding carboxylic acids is 1. The smallest absolute Gasteiger partial charge is 0.173 e. The molecule has 0 saturated heterocycles. The Hall–Kier alpha value is -1.98. The van der Waals surface area contributed by atoms with Gasteiger partial charge in [0.2, 0.25) is 0 Å². The molecule has 0 fully saturated rings. The van der Waals surface area contributed by atoms with Gasteiger partial charge in [-0.2, -0.15) is 10.2 Å². The molecule has 17 heavy (non-hydrogen) atoms. The molecular weight excluding hydrogens is 218 g/mol. The zero-order chi connectivity index (χ0) is 12.4. The number of aryl methyl sites for hydroxylation is 3. The lowest BCUT2D eigenvalue weighted by molar-refractivity contribution is 0.0988. The summed E-state index contributed by atoms with van der Waals surface area (Å²) in [6.45, 7) is 1.99. The van der Waals surface area contributed by atoms with Gasteiger partial charge in [-0.25, -0.2) is 4.98 Å². The van der Waals surface area contributed by atoms with Gasteiger partial charge in [-0.15, -0.1) is 0 Å². The molecule has 0 spiro atoms. The highest BCUT2D eigenvalue weighted by Gasteiger charge is 2.16. The maximum atomic E-state index is 12.1. The summed E-state index contributed by atoms with van der Waals surface area (Å²) in [5.41, 5.74) is 1.51. The lowest BCUT2D eigenvalue weighted by Crippen LogP contribution is -2.10. The highest BCUT2D eigenvalue weighted by atomic mass is 16.1. The molecule has 6 heteroatoms. The van der Waals surface area contributed by atoms with Crippen LogP contribution in [0, 0.1) is 0 Å². The number of hydrogen-bond donors (Lipinski definition) is 0. The largest absolute Gasteiger partial charge is 0.294 e. The molecule has 2 aromatic rings. The molecule has 0 saturated carbocycles. The number of hydrogen-bond acceptors (Lipinski definition) is 4. The highest BCUT2D eigenvalue weighted by Crippen LogP contribution is 2.10. The summed E-state index contributed by atoms with van der Waals surface area (Å²) >= 11 is 0. The molecule has 0 atom stereocenters. The van der Waals surface area contributed by atoms with Gasteiger partial charge in [-0.3, -0.25) is 14.2 Å². The first-order chi connectivity index (χ1) is 8.11. The molecule has 0 aliphatic rings. The normalized spacial score (nSPS) is 10.8. The van der Waals surface area contributed by atoms with E-state index in [1.54, 1.807) is 22.6 Å². The number of ketones is 1. The maximum absolute atomic E-state index is 12.1. The third-order valence-electron chi connectivity index (χ3n) is 2.66. The molecule has 0 N–H and O–H groups in total. The van der Waals surface area contributed by atoms with Gasteiger partial charge < -0.3 is 0 Å². The monoisotopic (exact) mass is 233 g/mol. The van der Waals surface area contributed by atoms with Crippen molar-refractivity contribution < 1.29 is 4.79 Å². The van der Waals surface area contributed by atoms with E-state index in [1.807, 2.05) is 14.0 Å². The summed E-state index contributed by atoms with van der Waals surface area (Å²) in [7, 11) is 3.60. The minimum Gasteiger partial charge on any atom is -0.294 e. The number of aromatic nitrogens is 5. The SMILES string of the molecule is CCc1nn(C)cc1C(=O)Cc1ncnn1C. The average Bonchev–Trinajstić information content (AvgIpc) is 2.85. The first-order valence-electron chi connectivity index (χ1n) is 5.50. The highest BCUT2D eigenvalue weighted by molar-refractivity contribution is 5.97. The van der Waals surface area contributed by atoms with Crippen LogP contribution in [0.3, 0.4) is 0 Å². The molecule has 0 aliphatic carbocycles. The molecule has 0 amide bonds. The molecule has 0 bridgehead atoms. The van der Waals surface area contributed by atoms with Crippen molar-refractivity contribution >= 4 is 5.78 Å². The maximum Gasteiger partial charge on any atom is 0.173 e. The van der Waals surface area contributed by atoms with E-state index in [-0.39, 0.29) is 12.2 Å². The molecule has 0 unspecified atom stereocenters. The van der Waals surface area contributed by atoms with E-state index in [4.69, 9.17) is 0 Å². The summed E-state index contributed by atoms with van der Waals surface area (Å²) in [4.78, 5) is 16.2. The van der Waals surface area contributed by atoms with Gasteiger partial charge in [0.05, 0.1) is 17.7 Å². The fraction of sp³-hybridized carbons (Fsp3) is 0.455. The lowest BCUT2D eigenvalue weighted by atomic mass is 10.1. The minimum absolute atomic E-state index is 0.0334. The van der Waals surface area contributed by atoms with E-state index in [0.29, 0.717) is 11.4 Å². The number of nitrogens with zero attached hydrogens (tertiary/aromatic N) is 5. The topological polar surface area (TPSA) is 65.6 Å². The summed E-state index contributed by atoms with van der Waals surface area (Å²) in [6.07, 6.45) is 4.22. The predicted octanol–water partition coefficient (Wildman–Crippen LogP) is 0.536. The quantitative estimate of drug-likeness (QED) is 0.723. The van der Waals surface area contributed by atoms with E-state index in [1.165, 1.54) is 6.33 Å². The Morgan fingerprint density at radius 3 is 2.76 bits per heavy atom. The predicted molar refractivity (Wildman–Crippen MR) is 61.6 cm³/mol. The molecule has 0 aliphatic heterocycles. The molecule has 0 radical (unpaired) electrons. The van der Waals surface area contributed by atoms with Gasteiger partial charge in [0.25, 0.3) is 0 Å². The minimum atomic E-state index is 0.0334. The third-order valence-corrected chi connectivity index (χ3v) is 2.66. The number of Topliss-reactive ketones (excluding diaryl/α,β-unsaturated/α-hetero) is 1. The number of carbonyl (C=O) groups is 1. The molecule has 6 nitrogen and oxygen atoms in total. The van der Waals surface area contributed by atoms with Gasteiger partial charge >= 0.3 is 0 Å². The first-order valence-corrected chi connectivity index (χ1v) is 5.50. The van der Waals surface area contributed by atoms with Crippen LogP contribution in [0.2, 0.25) is 0 Å². The van der Waals surface area contributed by atoms with Crippen molar-refractivity contribution in [2.24, 2.45) is 14.1 Å². The van der Waals surface area contributed by atoms with Crippen molar-refractivity contribution in [1.29, 1.82) is 0 Å². The Morgan fingerprint density at radius 1 is 1.41 bits per heavy atom. The van der Waals surface area contributed by atoms with Crippen molar-refractivity contribution in [1.82, 2.24) is 24.5 Å². The Kier molecular flexibility index (Phi) is 3.03. The van der Waals surface area contributed by atoms with Gasteiger partial charge in [-0.05, 0) is 6.42 Å². The third kappa shape index (κ3) is 2.25. The summed E-state index contributed by atoms with van der Waals surface area (Å²) in [5, 5.41) is 8.20. The zero-order valence-corrected chi connectivity index (χ0v) is 10.2. The van der Waals surface area contributed by atoms with E-state index in [0.717, 1.165) is 12.1 Å². The van der Waals surface area contributed by atoms with Crippen LogP contribution in [0.15, 0.2) is 12.5 Å². The van der Waals surface area contributed by atoms with Crippen molar-refractivity contribution in [2.75, 3.05) is 0 Å². The van der Waals surface area contributed by atoms with Crippen LogP contribution in [-0.4, -0.2) is 30.3 Å². The second kappa shape index (κ2) is 4.48. The second-order valence-corrected chi connectivity index (χ2v) is 3.92. The van der Waals surface area contributed by atoms with Gasteiger partial charge in [0.15, 0.2) is 5.78 Å². The standard InChI is InChI=1S/C11H15N5O/c1-4-9-8(6-15(2)14-9)10(17)5-11-12-7-13-16(11)3/h6-7H,4-5H2,1-3H3. The van der Waals surface area contributed by atoms with Crippen LogP contribution in [0.5, 0.6) is 0 Å². The van der Waals surface area contributed by atoms with E-state index < -0.39 is 0 Å². The Labute approximate surface area is 99.3 Å². The molecule has 2 rings (SSSR count). The van der Waals surface area contributed by atoms with Crippen LogP contribution in [-0.2, 0) is 26.9 Å². The van der Waals surface area contributed by atoms with Crippen LogP contribution >= 0.6 is 0 Å².